The second-order valence-electron chi connectivity index (χ2n) is 6.32. The topological polar surface area (TPSA) is 36.9 Å². The van der Waals surface area contributed by atoms with Gasteiger partial charge >= 0.3 is 0 Å². The second kappa shape index (κ2) is 7.73. The third kappa shape index (κ3) is 3.12. The molecule has 0 bridgehead atoms. The van der Waals surface area contributed by atoms with E-state index in [0.717, 1.165) is 58.4 Å². The summed E-state index contributed by atoms with van der Waals surface area (Å²) in [5, 5.41) is 4.57. The number of hydrogen-bond donors (Lipinski definition) is 0. The van der Waals surface area contributed by atoms with Gasteiger partial charge in [0.15, 0.2) is 23.0 Å². The van der Waals surface area contributed by atoms with Crippen LogP contribution in [-0.2, 0) is 6.42 Å². The maximum absolute atomic E-state index is 5.53. The Bertz CT molecular complexity index is 931. The van der Waals surface area contributed by atoms with Gasteiger partial charge < -0.3 is 18.9 Å². The lowest BCUT2D eigenvalue weighted by atomic mass is 9.93. The zero-order valence-corrected chi connectivity index (χ0v) is 16.1. The van der Waals surface area contributed by atoms with E-state index >= 15 is 0 Å². The highest BCUT2D eigenvalue weighted by atomic mass is 16.5. The first-order chi connectivity index (χ1) is 12.7. The van der Waals surface area contributed by atoms with E-state index in [4.69, 9.17) is 18.9 Å². The smallest absolute Gasteiger partial charge is 0.161 e. The van der Waals surface area contributed by atoms with Crippen molar-refractivity contribution in [2.24, 2.45) is 0 Å². The number of hydrogen-bond acceptors (Lipinski definition) is 4. The van der Waals surface area contributed by atoms with E-state index in [-0.39, 0.29) is 0 Å². The molecule has 0 N–H and O–H groups in total. The molecule has 3 rings (SSSR count). The number of aryl methyl sites for hydroxylation is 1. The lowest BCUT2D eigenvalue weighted by Gasteiger charge is -2.16. The molecule has 3 aromatic carbocycles. The summed E-state index contributed by atoms with van der Waals surface area (Å²) in [6.07, 6.45) is 3.31. The lowest BCUT2D eigenvalue weighted by molar-refractivity contribution is 0.355. The van der Waals surface area contributed by atoms with Crippen molar-refractivity contribution < 1.29 is 18.9 Å². The van der Waals surface area contributed by atoms with Gasteiger partial charge in [-0.25, -0.2) is 0 Å². The Balaban J connectivity index is 2.40. The minimum Gasteiger partial charge on any atom is -0.493 e. The summed E-state index contributed by atoms with van der Waals surface area (Å²) in [4.78, 5) is 0. The van der Waals surface area contributed by atoms with Crippen LogP contribution in [0.2, 0.25) is 0 Å². The van der Waals surface area contributed by atoms with E-state index in [1.807, 2.05) is 12.1 Å². The maximum atomic E-state index is 5.53. The highest BCUT2D eigenvalue weighted by molar-refractivity contribution is 6.11. The molecule has 0 aliphatic carbocycles. The van der Waals surface area contributed by atoms with E-state index in [1.165, 1.54) is 10.9 Å². The fraction of sp³-hybridized carbons (Fsp3) is 0.364. The van der Waals surface area contributed by atoms with E-state index in [9.17, 15) is 0 Å². The molecule has 0 fully saturated rings. The molecule has 138 valence electrons. The molecule has 4 heteroatoms. The van der Waals surface area contributed by atoms with E-state index in [0.29, 0.717) is 0 Å². The third-order valence-electron chi connectivity index (χ3n) is 4.84. The Labute approximate surface area is 154 Å². The fourth-order valence-electron chi connectivity index (χ4n) is 3.45. The summed E-state index contributed by atoms with van der Waals surface area (Å²) >= 11 is 0. The minimum atomic E-state index is 0.720. The Morgan fingerprint density at radius 2 is 1.12 bits per heavy atom. The number of rotatable bonds is 7. The molecule has 3 aromatic rings. The SMILES string of the molecule is CCCCc1cc2cc(OC)c(OC)cc2c2cc(OC)c(OC)cc12. The lowest BCUT2D eigenvalue weighted by Crippen LogP contribution is -1.96. The quantitative estimate of drug-likeness (QED) is 0.535. The molecule has 0 saturated heterocycles. The molecule has 0 unspecified atom stereocenters. The van der Waals surface area contributed by atoms with Crippen LogP contribution in [0.5, 0.6) is 23.0 Å². The van der Waals surface area contributed by atoms with Crippen molar-refractivity contribution in [3.05, 3.63) is 35.9 Å². The number of fused-ring (bicyclic) bond motifs is 3. The molecular formula is C22H26O4. The van der Waals surface area contributed by atoms with Crippen molar-refractivity contribution in [1.82, 2.24) is 0 Å². The van der Waals surface area contributed by atoms with Gasteiger partial charge in [0.25, 0.3) is 0 Å². The average molecular weight is 354 g/mol. The van der Waals surface area contributed by atoms with Crippen LogP contribution in [0.15, 0.2) is 30.3 Å². The van der Waals surface area contributed by atoms with Crippen molar-refractivity contribution in [3.8, 4) is 23.0 Å². The summed E-state index contributed by atoms with van der Waals surface area (Å²) in [5.74, 6) is 2.93. The van der Waals surface area contributed by atoms with Crippen LogP contribution in [-0.4, -0.2) is 28.4 Å². The van der Waals surface area contributed by atoms with E-state index < -0.39 is 0 Å². The molecule has 0 aromatic heterocycles. The van der Waals surface area contributed by atoms with Crippen LogP contribution in [0, 0.1) is 0 Å². The zero-order chi connectivity index (χ0) is 18.7. The normalized spacial score (nSPS) is 11.0. The van der Waals surface area contributed by atoms with Crippen LogP contribution < -0.4 is 18.9 Å². The van der Waals surface area contributed by atoms with Gasteiger partial charge in [-0.2, -0.15) is 0 Å². The molecule has 0 saturated carbocycles. The van der Waals surface area contributed by atoms with Gasteiger partial charge in [-0.05, 0) is 64.2 Å². The van der Waals surface area contributed by atoms with E-state index in [2.05, 4.69) is 25.1 Å². The van der Waals surface area contributed by atoms with Crippen molar-refractivity contribution in [3.63, 3.8) is 0 Å². The third-order valence-corrected chi connectivity index (χ3v) is 4.84. The number of methoxy groups -OCH3 is 4. The first-order valence-corrected chi connectivity index (χ1v) is 8.90. The highest BCUT2D eigenvalue weighted by Gasteiger charge is 2.15. The minimum absolute atomic E-state index is 0.720. The van der Waals surface area contributed by atoms with Gasteiger partial charge in [0, 0.05) is 0 Å². The van der Waals surface area contributed by atoms with Crippen LogP contribution in [0.4, 0.5) is 0 Å². The van der Waals surface area contributed by atoms with Crippen molar-refractivity contribution in [1.29, 1.82) is 0 Å². The molecule has 0 atom stereocenters. The molecule has 0 spiro atoms. The summed E-state index contributed by atoms with van der Waals surface area (Å²) in [6, 6.07) is 10.5. The first kappa shape index (κ1) is 18.2. The Kier molecular flexibility index (Phi) is 5.40. The Hall–Kier alpha value is -2.62. The van der Waals surface area contributed by atoms with Gasteiger partial charge in [-0.15, -0.1) is 0 Å². The number of benzene rings is 3. The van der Waals surface area contributed by atoms with Crippen molar-refractivity contribution >= 4 is 21.5 Å². The molecule has 0 aliphatic heterocycles. The average Bonchev–Trinajstić information content (AvgIpc) is 2.69. The molecule has 0 heterocycles. The highest BCUT2D eigenvalue weighted by Crippen LogP contribution is 2.41. The Morgan fingerprint density at radius 1 is 0.615 bits per heavy atom. The van der Waals surface area contributed by atoms with Gasteiger partial charge in [0.1, 0.15) is 0 Å². The van der Waals surface area contributed by atoms with Crippen molar-refractivity contribution in [2.45, 2.75) is 26.2 Å². The standard InChI is InChI=1S/C22H26O4/c1-6-7-8-14-9-15-10-19(23-2)20(24-3)12-17(15)18-13-22(26-5)21(25-4)11-16(14)18/h9-13H,6-8H2,1-5H3. The molecule has 0 radical (unpaired) electrons. The maximum Gasteiger partial charge on any atom is 0.161 e. The summed E-state index contributed by atoms with van der Waals surface area (Å²) in [5.41, 5.74) is 1.31. The van der Waals surface area contributed by atoms with Gasteiger partial charge in [0.2, 0.25) is 0 Å². The van der Waals surface area contributed by atoms with Gasteiger partial charge in [0.05, 0.1) is 28.4 Å². The first-order valence-electron chi connectivity index (χ1n) is 8.90. The fourth-order valence-corrected chi connectivity index (χ4v) is 3.45. The summed E-state index contributed by atoms with van der Waals surface area (Å²) in [7, 11) is 6.66. The largest absolute Gasteiger partial charge is 0.493 e. The van der Waals surface area contributed by atoms with Gasteiger partial charge in [-0.1, -0.05) is 19.4 Å². The van der Waals surface area contributed by atoms with Crippen molar-refractivity contribution in [2.75, 3.05) is 28.4 Å². The predicted molar refractivity (Wildman–Crippen MR) is 106 cm³/mol. The van der Waals surface area contributed by atoms with E-state index in [1.54, 1.807) is 28.4 Å². The predicted octanol–water partition coefficient (Wildman–Crippen LogP) is 5.37. The zero-order valence-electron chi connectivity index (χ0n) is 16.1. The van der Waals surface area contributed by atoms with Gasteiger partial charge in [-0.3, -0.25) is 0 Å². The second-order valence-corrected chi connectivity index (χ2v) is 6.32. The Morgan fingerprint density at radius 3 is 1.65 bits per heavy atom. The summed E-state index contributed by atoms with van der Waals surface area (Å²) in [6.45, 7) is 2.21. The molecule has 26 heavy (non-hydrogen) atoms. The van der Waals surface area contributed by atoms with Crippen LogP contribution in [0.3, 0.4) is 0 Å². The number of unbranched alkanes of at least 4 members (excludes halogenated alkanes) is 1. The number of ether oxygens (including phenoxy) is 4. The molecular weight excluding hydrogens is 328 g/mol. The molecule has 4 nitrogen and oxygen atoms in total. The van der Waals surface area contributed by atoms with Crippen LogP contribution in [0.1, 0.15) is 25.3 Å². The monoisotopic (exact) mass is 354 g/mol. The van der Waals surface area contributed by atoms with Crippen LogP contribution in [0.25, 0.3) is 21.5 Å². The molecule has 0 amide bonds. The molecule has 0 aliphatic rings. The van der Waals surface area contributed by atoms with Crippen LogP contribution >= 0.6 is 0 Å². The summed E-state index contributed by atoms with van der Waals surface area (Å²) < 4.78 is 22.1.